The molecule has 0 spiro atoms. The van der Waals surface area contributed by atoms with Crippen molar-refractivity contribution in [1.82, 2.24) is 4.31 Å². The Hall–Kier alpha value is -0.720. The number of rotatable bonds is 2. The van der Waals surface area contributed by atoms with Gasteiger partial charge >= 0.3 is 0 Å². The Morgan fingerprint density at radius 2 is 1.88 bits per heavy atom. The first-order valence-electron chi connectivity index (χ1n) is 4.78. The Balaban J connectivity index is 2.39. The Labute approximate surface area is 97.8 Å². The van der Waals surface area contributed by atoms with Crippen LogP contribution in [0.3, 0.4) is 0 Å². The molecule has 0 saturated carbocycles. The quantitative estimate of drug-likeness (QED) is 0.785. The van der Waals surface area contributed by atoms with Crippen molar-refractivity contribution in [3.05, 3.63) is 29.3 Å². The average Bonchev–Trinajstić information content (AvgIpc) is 2.58. The van der Waals surface area contributed by atoms with Crippen LogP contribution in [-0.4, -0.2) is 29.4 Å². The van der Waals surface area contributed by atoms with Crippen molar-refractivity contribution < 1.29 is 12.6 Å². The normalized spacial score (nSPS) is 18.4. The molecule has 4 nitrogen and oxygen atoms in total. The van der Waals surface area contributed by atoms with E-state index in [1.54, 1.807) is 28.8 Å². The summed E-state index contributed by atoms with van der Waals surface area (Å²) in [6.45, 7) is 1.18. The maximum absolute atomic E-state index is 11.4. The zero-order chi connectivity index (χ0) is 11.9. The standard InChI is InChI=1S/C10H13NO3S2/c1-15(12)11-6-8-3-4-10(16(2,13)14)5-9(8)7-11/h3-5H,6-7H2,1-2H3. The maximum Gasteiger partial charge on any atom is 0.175 e. The van der Waals surface area contributed by atoms with Gasteiger partial charge in [0.1, 0.15) is 0 Å². The maximum atomic E-state index is 11.4. The van der Waals surface area contributed by atoms with Gasteiger partial charge in [-0.05, 0) is 23.3 Å². The molecule has 1 aromatic rings. The third-order valence-electron chi connectivity index (χ3n) is 2.66. The summed E-state index contributed by atoms with van der Waals surface area (Å²) < 4.78 is 35.9. The largest absolute Gasteiger partial charge is 0.243 e. The van der Waals surface area contributed by atoms with Crippen molar-refractivity contribution in [1.29, 1.82) is 0 Å². The van der Waals surface area contributed by atoms with Gasteiger partial charge in [0, 0.05) is 25.6 Å². The Kier molecular flexibility index (Phi) is 2.90. The van der Waals surface area contributed by atoms with Gasteiger partial charge in [-0.15, -0.1) is 0 Å². The molecular weight excluding hydrogens is 246 g/mol. The van der Waals surface area contributed by atoms with Crippen LogP contribution in [0.25, 0.3) is 0 Å². The number of hydrogen-bond acceptors (Lipinski definition) is 3. The predicted molar refractivity (Wildman–Crippen MR) is 62.9 cm³/mol. The molecule has 0 N–H and O–H groups in total. The zero-order valence-corrected chi connectivity index (χ0v) is 10.8. The van der Waals surface area contributed by atoms with E-state index in [0.717, 1.165) is 11.1 Å². The van der Waals surface area contributed by atoms with Gasteiger partial charge in [0.05, 0.1) is 15.9 Å². The first kappa shape index (κ1) is 11.8. The van der Waals surface area contributed by atoms with E-state index in [1.165, 1.54) is 6.26 Å². The van der Waals surface area contributed by atoms with Gasteiger partial charge in [0.2, 0.25) is 0 Å². The molecule has 0 radical (unpaired) electrons. The predicted octanol–water partition coefficient (Wildman–Crippen LogP) is 0.699. The van der Waals surface area contributed by atoms with Gasteiger partial charge in [-0.1, -0.05) is 6.07 Å². The lowest BCUT2D eigenvalue weighted by Gasteiger charge is -2.08. The third-order valence-corrected chi connectivity index (χ3v) is 4.76. The lowest BCUT2D eigenvalue weighted by atomic mass is 10.1. The summed E-state index contributed by atoms with van der Waals surface area (Å²) in [5.74, 6) is 0. The van der Waals surface area contributed by atoms with E-state index >= 15 is 0 Å². The molecular formula is C10H13NO3S2. The lowest BCUT2D eigenvalue weighted by molar-refractivity contribution is 0.477. The molecule has 88 valence electrons. The van der Waals surface area contributed by atoms with Gasteiger partial charge in [0.15, 0.2) is 9.84 Å². The van der Waals surface area contributed by atoms with Crippen molar-refractivity contribution in [3.63, 3.8) is 0 Å². The molecule has 1 atom stereocenters. The first-order chi connectivity index (χ1) is 7.38. The van der Waals surface area contributed by atoms with E-state index < -0.39 is 20.8 Å². The van der Waals surface area contributed by atoms with Crippen molar-refractivity contribution in [3.8, 4) is 0 Å². The van der Waals surface area contributed by atoms with Crippen LogP contribution in [-0.2, 0) is 33.9 Å². The molecule has 1 aliphatic heterocycles. The topological polar surface area (TPSA) is 54.5 Å². The minimum atomic E-state index is -3.16. The first-order valence-corrected chi connectivity index (χ1v) is 8.19. The van der Waals surface area contributed by atoms with Crippen LogP contribution in [0.1, 0.15) is 11.1 Å². The van der Waals surface area contributed by atoms with Crippen molar-refractivity contribution in [2.45, 2.75) is 18.0 Å². The van der Waals surface area contributed by atoms with E-state index in [9.17, 15) is 12.6 Å². The zero-order valence-electron chi connectivity index (χ0n) is 9.13. The van der Waals surface area contributed by atoms with Gasteiger partial charge in [-0.3, -0.25) is 0 Å². The summed E-state index contributed by atoms with van der Waals surface area (Å²) in [7, 11) is -4.17. The molecule has 0 amide bonds. The molecule has 0 aromatic heterocycles. The van der Waals surface area contributed by atoms with Crippen LogP contribution >= 0.6 is 0 Å². The minimum absolute atomic E-state index is 0.329. The van der Waals surface area contributed by atoms with Crippen LogP contribution in [0.2, 0.25) is 0 Å². The Bertz CT molecular complexity index is 551. The summed E-state index contributed by atoms with van der Waals surface area (Å²) in [4.78, 5) is 0.329. The molecule has 1 heterocycles. The van der Waals surface area contributed by atoms with E-state index in [4.69, 9.17) is 0 Å². The van der Waals surface area contributed by atoms with E-state index in [0.29, 0.717) is 18.0 Å². The van der Waals surface area contributed by atoms with Gasteiger partial charge in [0.25, 0.3) is 0 Å². The highest BCUT2D eigenvalue weighted by atomic mass is 32.2. The number of sulfone groups is 1. The molecule has 6 heteroatoms. The fourth-order valence-corrected chi connectivity index (χ4v) is 3.07. The fraction of sp³-hybridized carbons (Fsp3) is 0.400. The average molecular weight is 259 g/mol. The number of benzene rings is 1. The summed E-state index contributed by atoms with van der Waals surface area (Å²) >= 11 is 0. The molecule has 1 aromatic carbocycles. The lowest BCUT2D eigenvalue weighted by Crippen LogP contribution is -2.17. The van der Waals surface area contributed by atoms with Crippen LogP contribution in [0.4, 0.5) is 0 Å². The second-order valence-corrected chi connectivity index (χ2v) is 7.30. The van der Waals surface area contributed by atoms with Crippen molar-refractivity contribution >= 4 is 20.8 Å². The van der Waals surface area contributed by atoms with E-state index in [2.05, 4.69) is 0 Å². The minimum Gasteiger partial charge on any atom is -0.243 e. The highest BCUT2D eigenvalue weighted by Gasteiger charge is 2.22. The molecule has 0 saturated heterocycles. The summed E-state index contributed by atoms with van der Waals surface area (Å²) in [6, 6.07) is 5.09. The van der Waals surface area contributed by atoms with Crippen LogP contribution in [0.15, 0.2) is 23.1 Å². The van der Waals surface area contributed by atoms with Crippen LogP contribution in [0, 0.1) is 0 Å². The SMILES string of the molecule is CS(=O)N1Cc2ccc(S(C)(=O)=O)cc2C1. The van der Waals surface area contributed by atoms with Crippen molar-refractivity contribution in [2.24, 2.45) is 0 Å². The monoisotopic (exact) mass is 259 g/mol. The molecule has 16 heavy (non-hydrogen) atoms. The number of nitrogens with zero attached hydrogens (tertiary/aromatic N) is 1. The fourth-order valence-electron chi connectivity index (χ4n) is 1.75. The van der Waals surface area contributed by atoms with Crippen LogP contribution < -0.4 is 0 Å². The molecule has 0 bridgehead atoms. The molecule has 1 aliphatic rings. The summed E-state index contributed by atoms with van der Waals surface area (Å²) in [5, 5.41) is 0. The van der Waals surface area contributed by atoms with Gasteiger partial charge < -0.3 is 0 Å². The second-order valence-electron chi connectivity index (χ2n) is 3.92. The van der Waals surface area contributed by atoms with E-state index in [-0.39, 0.29) is 0 Å². The van der Waals surface area contributed by atoms with Crippen molar-refractivity contribution in [2.75, 3.05) is 12.5 Å². The number of hydrogen-bond donors (Lipinski definition) is 0. The smallest absolute Gasteiger partial charge is 0.175 e. The van der Waals surface area contributed by atoms with Crippen LogP contribution in [0.5, 0.6) is 0 Å². The van der Waals surface area contributed by atoms with Gasteiger partial charge in [-0.2, -0.15) is 0 Å². The molecule has 2 rings (SSSR count). The second kappa shape index (κ2) is 3.94. The highest BCUT2D eigenvalue weighted by Crippen LogP contribution is 2.26. The summed E-state index contributed by atoms with van der Waals surface area (Å²) in [5.41, 5.74) is 2.01. The molecule has 0 aliphatic carbocycles. The molecule has 1 unspecified atom stereocenters. The number of fused-ring (bicyclic) bond motifs is 1. The third kappa shape index (κ3) is 2.18. The molecule has 0 fully saturated rings. The summed E-state index contributed by atoms with van der Waals surface area (Å²) in [6.07, 6.45) is 2.82. The van der Waals surface area contributed by atoms with Gasteiger partial charge in [-0.25, -0.2) is 16.9 Å². The van der Waals surface area contributed by atoms with E-state index in [1.807, 2.05) is 0 Å². The Morgan fingerprint density at radius 3 is 2.44 bits per heavy atom. The Morgan fingerprint density at radius 1 is 1.25 bits per heavy atom. The highest BCUT2D eigenvalue weighted by molar-refractivity contribution is 7.90.